The smallest absolute Gasteiger partial charge is 0.238 e. The summed E-state index contributed by atoms with van der Waals surface area (Å²) in [4.78, 5) is 18.7. The SMILES string of the molecule is COCC(c1ccccn1)N(C)CC(=O)Nc1ccc(C)c(C)c1. The minimum atomic E-state index is -0.0679. The third kappa shape index (κ3) is 4.88. The fourth-order valence-corrected chi connectivity index (χ4v) is 2.53. The Labute approximate surface area is 143 Å². The Morgan fingerprint density at radius 2 is 2.04 bits per heavy atom. The second kappa shape index (κ2) is 8.57. The number of hydrogen-bond donors (Lipinski definition) is 1. The highest BCUT2D eigenvalue weighted by Gasteiger charge is 2.20. The van der Waals surface area contributed by atoms with Gasteiger partial charge in [0.1, 0.15) is 0 Å². The van der Waals surface area contributed by atoms with Gasteiger partial charge in [0.15, 0.2) is 0 Å². The number of hydrogen-bond acceptors (Lipinski definition) is 4. The lowest BCUT2D eigenvalue weighted by molar-refractivity contribution is -0.117. The van der Waals surface area contributed by atoms with Crippen LogP contribution < -0.4 is 5.32 Å². The summed E-state index contributed by atoms with van der Waals surface area (Å²) in [6.45, 7) is 4.83. The number of carbonyl (C=O) groups is 1. The maximum atomic E-state index is 12.3. The van der Waals surface area contributed by atoms with E-state index in [1.807, 2.05) is 55.3 Å². The fraction of sp³-hybridized carbons (Fsp3) is 0.368. The van der Waals surface area contributed by atoms with Crippen molar-refractivity contribution in [1.29, 1.82) is 0 Å². The lowest BCUT2D eigenvalue weighted by Crippen LogP contribution is -2.35. The molecule has 0 aliphatic carbocycles. The van der Waals surface area contributed by atoms with Gasteiger partial charge in [-0.15, -0.1) is 0 Å². The van der Waals surface area contributed by atoms with Crippen molar-refractivity contribution in [1.82, 2.24) is 9.88 Å². The molecule has 5 heteroatoms. The van der Waals surface area contributed by atoms with Crippen LogP contribution in [-0.4, -0.2) is 43.1 Å². The van der Waals surface area contributed by atoms with Crippen LogP contribution >= 0.6 is 0 Å². The van der Waals surface area contributed by atoms with Crippen molar-refractivity contribution in [3.63, 3.8) is 0 Å². The number of anilines is 1. The van der Waals surface area contributed by atoms with Crippen molar-refractivity contribution in [3.05, 3.63) is 59.4 Å². The minimum Gasteiger partial charge on any atom is -0.383 e. The van der Waals surface area contributed by atoms with Gasteiger partial charge in [-0.05, 0) is 56.3 Å². The Morgan fingerprint density at radius 1 is 1.25 bits per heavy atom. The highest BCUT2D eigenvalue weighted by Crippen LogP contribution is 2.18. The summed E-state index contributed by atoms with van der Waals surface area (Å²) in [7, 11) is 3.55. The quantitative estimate of drug-likeness (QED) is 0.849. The van der Waals surface area contributed by atoms with Gasteiger partial charge >= 0.3 is 0 Å². The molecule has 128 valence electrons. The molecule has 2 aromatic rings. The zero-order valence-electron chi connectivity index (χ0n) is 14.7. The van der Waals surface area contributed by atoms with Gasteiger partial charge in [0.05, 0.1) is 24.9 Å². The lowest BCUT2D eigenvalue weighted by Gasteiger charge is -2.26. The maximum Gasteiger partial charge on any atom is 0.238 e. The number of rotatable bonds is 7. The maximum absolute atomic E-state index is 12.3. The molecular formula is C19H25N3O2. The Balaban J connectivity index is 2.01. The van der Waals surface area contributed by atoms with Crippen LogP contribution in [0.1, 0.15) is 22.9 Å². The van der Waals surface area contributed by atoms with E-state index in [4.69, 9.17) is 4.74 Å². The Bertz CT molecular complexity index is 674. The van der Waals surface area contributed by atoms with Crippen molar-refractivity contribution in [2.24, 2.45) is 0 Å². The van der Waals surface area contributed by atoms with Crippen LogP contribution in [0.4, 0.5) is 5.69 Å². The number of ether oxygens (including phenoxy) is 1. The molecule has 5 nitrogen and oxygen atoms in total. The second-order valence-corrected chi connectivity index (χ2v) is 5.99. The van der Waals surface area contributed by atoms with E-state index < -0.39 is 0 Å². The summed E-state index contributed by atoms with van der Waals surface area (Å²) < 4.78 is 5.29. The number of benzene rings is 1. The normalized spacial score (nSPS) is 12.2. The number of likely N-dealkylation sites (N-methyl/N-ethyl adjacent to an activating group) is 1. The molecule has 1 N–H and O–H groups in total. The van der Waals surface area contributed by atoms with E-state index in [0.29, 0.717) is 6.61 Å². The average Bonchev–Trinajstić information content (AvgIpc) is 2.56. The van der Waals surface area contributed by atoms with Gasteiger partial charge in [-0.3, -0.25) is 14.7 Å². The Morgan fingerprint density at radius 3 is 2.67 bits per heavy atom. The Kier molecular flexibility index (Phi) is 6.46. The number of pyridine rings is 1. The van der Waals surface area contributed by atoms with E-state index in [0.717, 1.165) is 16.9 Å². The van der Waals surface area contributed by atoms with Crippen LogP contribution in [0.25, 0.3) is 0 Å². The molecule has 0 saturated heterocycles. The standard InChI is InChI=1S/C19H25N3O2/c1-14-8-9-16(11-15(14)2)21-19(23)12-22(3)18(13-24-4)17-7-5-6-10-20-17/h5-11,18H,12-13H2,1-4H3,(H,21,23). The molecule has 0 aliphatic heterocycles. The van der Waals surface area contributed by atoms with Gasteiger partial charge in [-0.1, -0.05) is 12.1 Å². The zero-order chi connectivity index (χ0) is 17.5. The molecule has 1 amide bonds. The average molecular weight is 327 g/mol. The molecule has 24 heavy (non-hydrogen) atoms. The molecule has 2 rings (SSSR count). The highest BCUT2D eigenvalue weighted by molar-refractivity contribution is 5.92. The predicted octanol–water partition coefficient (Wildman–Crippen LogP) is 2.96. The van der Waals surface area contributed by atoms with Gasteiger partial charge in [-0.2, -0.15) is 0 Å². The van der Waals surface area contributed by atoms with Gasteiger partial charge < -0.3 is 10.1 Å². The molecular weight excluding hydrogens is 302 g/mol. The van der Waals surface area contributed by atoms with E-state index in [-0.39, 0.29) is 18.5 Å². The molecule has 1 unspecified atom stereocenters. The summed E-state index contributed by atoms with van der Waals surface area (Å²) in [6, 6.07) is 11.6. The molecule has 0 saturated carbocycles. The largest absolute Gasteiger partial charge is 0.383 e. The first-order chi connectivity index (χ1) is 11.5. The van der Waals surface area contributed by atoms with Crippen molar-refractivity contribution < 1.29 is 9.53 Å². The lowest BCUT2D eigenvalue weighted by atomic mass is 10.1. The van der Waals surface area contributed by atoms with E-state index in [1.54, 1.807) is 13.3 Å². The first-order valence-electron chi connectivity index (χ1n) is 7.98. The first-order valence-corrected chi connectivity index (χ1v) is 7.98. The zero-order valence-corrected chi connectivity index (χ0v) is 14.7. The number of aromatic nitrogens is 1. The number of nitrogens with zero attached hydrogens (tertiary/aromatic N) is 2. The fourth-order valence-electron chi connectivity index (χ4n) is 2.53. The third-order valence-corrected chi connectivity index (χ3v) is 4.07. The van der Waals surface area contributed by atoms with Crippen LogP contribution in [0.5, 0.6) is 0 Å². The van der Waals surface area contributed by atoms with Crippen molar-refractivity contribution in [2.45, 2.75) is 19.9 Å². The van der Waals surface area contributed by atoms with Gasteiger partial charge in [0.2, 0.25) is 5.91 Å². The third-order valence-electron chi connectivity index (χ3n) is 4.07. The number of methoxy groups -OCH3 is 1. The molecule has 0 bridgehead atoms. The minimum absolute atomic E-state index is 0.0576. The number of amides is 1. The van der Waals surface area contributed by atoms with E-state index in [9.17, 15) is 4.79 Å². The van der Waals surface area contributed by atoms with Crippen LogP contribution in [0.2, 0.25) is 0 Å². The van der Waals surface area contributed by atoms with Crippen molar-refractivity contribution in [2.75, 3.05) is 32.6 Å². The number of nitrogens with one attached hydrogen (secondary N) is 1. The molecule has 0 radical (unpaired) electrons. The van der Waals surface area contributed by atoms with E-state index in [2.05, 4.69) is 17.2 Å². The molecule has 1 heterocycles. The predicted molar refractivity (Wildman–Crippen MR) is 96.0 cm³/mol. The van der Waals surface area contributed by atoms with Gasteiger partial charge in [0.25, 0.3) is 0 Å². The molecule has 0 spiro atoms. The molecule has 1 aromatic heterocycles. The van der Waals surface area contributed by atoms with Gasteiger partial charge in [-0.25, -0.2) is 0 Å². The summed E-state index contributed by atoms with van der Waals surface area (Å²) in [5, 5.41) is 2.95. The highest BCUT2D eigenvalue weighted by atomic mass is 16.5. The second-order valence-electron chi connectivity index (χ2n) is 5.99. The number of aryl methyl sites for hydroxylation is 2. The summed E-state index contributed by atoms with van der Waals surface area (Å²) >= 11 is 0. The molecule has 1 aromatic carbocycles. The van der Waals surface area contributed by atoms with Crippen LogP contribution in [0, 0.1) is 13.8 Å². The monoisotopic (exact) mass is 327 g/mol. The molecule has 0 aliphatic rings. The first kappa shape index (κ1) is 18.1. The molecule has 1 atom stereocenters. The summed E-state index contributed by atoms with van der Waals surface area (Å²) in [6.07, 6.45) is 1.75. The van der Waals surface area contributed by atoms with E-state index in [1.165, 1.54) is 5.56 Å². The molecule has 0 fully saturated rings. The summed E-state index contributed by atoms with van der Waals surface area (Å²) in [5.41, 5.74) is 4.07. The number of carbonyl (C=O) groups excluding carboxylic acids is 1. The van der Waals surface area contributed by atoms with Crippen LogP contribution in [0.3, 0.4) is 0 Å². The van der Waals surface area contributed by atoms with Crippen molar-refractivity contribution in [3.8, 4) is 0 Å². The van der Waals surface area contributed by atoms with Crippen molar-refractivity contribution >= 4 is 11.6 Å². The topological polar surface area (TPSA) is 54.5 Å². The van der Waals surface area contributed by atoms with Gasteiger partial charge in [0, 0.05) is 19.0 Å². The summed E-state index contributed by atoms with van der Waals surface area (Å²) in [5.74, 6) is -0.0576. The Hall–Kier alpha value is -2.24. The van der Waals surface area contributed by atoms with Crippen LogP contribution in [0.15, 0.2) is 42.6 Å². The van der Waals surface area contributed by atoms with Crippen LogP contribution in [-0.2, 0) is 9.53 Å². The van der Waals surface area contributed by atoms with E-state index >= 15 is 0 Å².